The summed E-state index contributed by atoms with van der Waals surface area (Å²) < 4.78 is 15.6. The summed E-state index contributed by atoms with van der Waals surface area (Å²) in [6, 6.07) is 10.3. The number of para-hydroxylation sites is 1. The molecule has 2 N–H and O–H groups in total. The molecule has 0 radical (unpaired) electrons. The van der Waals surface area contributed by atoms with Crippen LogP contribution >= 0.6 is 11.6 Å². The quantitative estimate of drug-likeness (QED) is 0.569. The molecule has 5 nitrogen and oxygen atoms in total. The summed E-state index contributed by atoms with van der Waals surface area (Å²) in [6.45, 7) is 0. The van der Waals surface area contributed by atoms with Gasteiger partial charge in [0, 0.05) is 43.0 Å². The Morgan fingerprint density at radius 3 is 2.96 bits per heavy atom. The average Bonchev–Trinajstić information content (AvgIpc) is 3.14. The minimum Gasteiger partial charge on any atom is -0.346 e. The van der Waals surface area contributed by atoms with Crippen molar-refractivity contribution in [2.45, 2.75) is 6.42 Å². The van der Waals surface area contributed by atoms with Gasteiger partial charge >= 0.3 is 0 Å². The van der Waals surface area contributed by atoms with Gasteiger partial charge in [0.05, 0.1) is 10.7 Å². The number of hydrogen-bond donors (Lipinski definition) is 2. The highest BCUT2D eigenvalue weighted by atomic mass is 35.5. The Labute approximate surface area is 148 Å². The topological polar surface area (TPSA) is 58.5 Å². The lowest BCUT2D eigenvalue weighted by atomic mass is 10.1. The van der Waals surface area contributed by atoms with Gasteiger partial charge in [-0.15, -0.1) is 0 Å². The highest BCUT2D eigenvalue weighted by molar-refractivity contribution is 6.31. The van der Waals surface area contributed by atoms with E-state index in [9.17, 15) is 4.39 Å². The monoisotopic (exact) mass is 355 g/mol. The minimum atomic E-state index is -0.313. The molecule has 4 aromatic rings. The zero-order valence-electron chi connectivity index (χ0n) is 13.4. The van der Waals surface area contributed by atoms with Crippen LogP contribution in [0.3, 0.4) is 0 Å². The van der Waals surface area contributed by atoms with E-state index < -0.39 is 0 Å². The number of halogens is 2. The number of aryl methyl sites for hydroxylation is 1. The van der Waals surface area contributed by atoms with E-state index in [0.29, 0.717) is 22.9 Å². The number of nitrogens with zero attached hydrogens (tertiary/aromatic N) is 3. The van der Waals surface area contributed by atoms with Gasteiger partial charge in [0.15, 0.2) is 5.82 Å². The number of fused-ring (bicyclic) bond motifs is 1. The highest BCUT2D eigenvalue weighted by Crippen LogP contribution is 2.24. The molecular weight excluding hydrogens is 341 g/mol. The van der Waals surface area contributed by atoms with E-state index in [2.05, 4.69) is 20.4 Å². The van der Waals surface area contributed by atoms with Crippen LogP contribution in [-0.2, 0) is 13.5 Å². The van der Waals surface area contributed by atoms with Gasteiger partial charge in [0.2, 0.25) is 0 Å². The fourth-order valence-electron chi connectivity index (χ4n) is 2.81. The summed E-state index contributed by atoms with van der Waals surface area (Å²) in [5.74, 6) is 0.283. The smallest absolute Gasteiger partial charge is 0.152 e. The Bertz CT molecular complexity index is 1050. The molecule has 0 spiro atoms. The minimum absolute atomic E-state index is 0.313. The molecule has 126 valence electrons. The highest BCUT2D eigenvalue weighted by Gasteiger charge is 2.11. The molecule has 0 fully saturated rings. The van der Waals surface area contributed by atoms with E-state index in [-0.39, 0.29) is 5.82 Å². The third kappa shape index (κ3) is 3.08. The van der Waals surface area contributed by atoms with Crippen molar-refractivity contribution < 1.29 is 4.39 Å². The van der Waals surface area contributed by atoms with Crippen LogP contribution in [-0.4, -0.2) is 19.7 Å². The van der Waals surface area contributed by atoms with Gasteiger partial charge in [-0.1, -0.05) is 23.7 Å². The summed E-state index contributed by atoms with van der Waals surface area (Å²) in [7, 11) is 1.86. The SMILES string of the molecule is Cn1nc(Nc2ccccc2F)cc1Cc1c[nH]c2ncc(Cl)cc12. The number of aromatic amines is 1. The van der Waals surface area contributed by atoms with Gasteiger partial charge < -0.3 is 10.3 Å². The molecule has 7 heteroatoms. The molecule has 0 atom stereocenters. The van der Waals surface area contributed by atoms with E-state index >= 15 is 0 Å². The van der Waals surface area contributed by atoms with Crippen molar-refractivity contribution in [2.75, 3.05) is 5.32 Å². The standard InChI is InChI=1S/C18H15ClFN5/c1-25-13(6-11-9-21-18-14(11)7-12(19)10-22-18)8-17(24-25)23-16-5-3-2-4-15(16)20/h2-5,7-10H,6H2,1H3,(H,21,22)(H,23,24). The van der Waals surface area contributed by atoms with Gasteiger partial charge in [0.1, 0.15) is 11.5 Å². The molecule has 0 saturated heterocycles. The summed E-state index contributed by atoms with van der Waals surface area (Å²) in [5, 5.41) is 9.00. The molecule has 0 saturated carbocycles. The Morgan fingerprint density at radius 1 is 1.28 bits per heavy atom. The summed E-state index contributed by atoms with van der Waals surface area (Å²) in [6.07, 6.45) is 4.19. The van der Waals surface area contributed by atoms with Crippen LogP contribution in [0.1, 0.15) is 11.3 Å². The van der Waals surface area contributed by atoms with Crippen LogP contribution in [0.4, 0.5) is 15.9 Å². The van der Waals surface area contributed by atoms with Crippen molar-refractivity contribution >= 4 is 34.1 Å². The Morgan fingerprint density at radius 2 is 2.12 bits per heavy atom. The van der Waals surface area contributed by atoms with E-state index in [0.717, 1.165) is 22.3 Å². The number of benzene rings is 1. The molecule has 1 aromatic carbocycles. The third-order valence-electron chi connectivity index (χ3n) is 4.07. The van der Waals surface area contributed by atoms with Crippen molar-refractivity contribution in [2.24, 2.45) is 7.05 Å². The molecule has 25 heavy (non-hydrogen) atoms. The first kappa shape index (κ1) is 15.7. The predicted octanol–water partition coefficient (Wildman–Crippen LogP) is 4.42. The molecule has 3 heterocycles. The Balaban J connectivity index is 1.62. The Hall–Kier alpha value is -2.86. The van der Waals surface area contributed by atoms with E-state index in [4.69, 9.17) is 11.6 Å². The number of rotatable bonds is 4. The lowest BCUT2D eigenvalue weighted by molar-refractivity contribution is 0.631. The molecule has 0 amide bonds. The van der Waals surface area contributed by atoms with E-state index in [1.165, 1.54) is 6.07 Å². The lowest BCUT2D eigenvalue weighted by Gasteiger charge is -2.02. The Kier molecular flexibility index (Phi) is 3.89. The van der Waals surface area contributed by atoms with Gasteiger partial charge in [-0.05, 0) is 23.8 Å². The van der Waals surface area contributed by atoms with Gasteiger partial charge in [0.25, 0.3) is 0 Å². The molecular formula is C18H15ClFN5. The maximum absolute atomic E-state index is 13.8. The van der Waals surface area contributed by atoms with Crippen molar-refractivity contribution in [1.82, 2.24) is 19.7 Å². The number of pyridine rings is 1. The van der Waals surface area contributed by atoms with Crippen LogP contribution in [0, 0.1) is 5.82 Å². The molecule has 0 bridgehead atoms. The molecule has 0 aliphatic heterocycles. The van der Waals surface area contributed by atoms with Gasteiger partial charge in [-0.25, -0.2) is 9.37 Å². The number of anilines is 2. The second-order valence-electron chi connectivity index (χ2n) is 5.79. The summed E-state index contributed by atoms with van der Waals surface area (Å²) in [5.41, 5.74) is 3.26. The number of H-pyrrole nitrogens is 1. The van der Waals surface area contributed by atoms with Crippen LogP contribution in [0.25, 0.3) is 11.0 Å². The lowest BCUT2D eigenvalue weighted by Crippen LogP contribution is -1.99. The second kappa shape index (κ2) is 6.22. The van der Waals surface area contributed by atoms with E-state index in [1.807, 2.05) is 25.4 Å². The maximum atomic E-state index is 13.8. The van der Waals surface area contributed by atoms with Crippen molar-refractivity contribution in [3.05, 3.63) is 70.9 Å². The number of aromatic nitrogens is 4. The van der Waals surface area contributed by atoms with Crippen LogP contribution in [0.5, 0.6) is 0 Å². The summed E-state index contributed by atoms with van der Waals surface area (Å²) >= 11 is 6.05. The van der Waals surface area contributed by atoms with Gasteiger partial charge in [-0.3, -0.25) is 4.68 Å². The molecule has 3 aromatic heterocycles. The fraction of sp³-hybridized carbons (Fsp3) is 0.111. The number of nitrogens with one attached hydrogen (secondary N) is 2. The fourth-order valence-corrected chi connectivity index (χ4v) is 2.96. The van der Waals surface area contributed by atoms with Crippen LogP contribution < -0.4 is 5.32 Å². The van der Waals surface area contributed by atoms with Crippen LogP contribution in [0.15, 0.2) is 48.8 Å². The van der Waals surface area contributed by atoms with Crippen molar-refractivity contribution in [3.63, 3.8) is 0 Å². The average molecular weight is 356 g/mol. The van der Waals surface area contributed by atoms with Crippen molar-refractivity contribution in [3.8, 4) is 0 Å². The van der Waals surface area contributed by atoms with E-state index in [1.54, 1.807) is 29.1 Å². The largest absolute Gasteiger partial charge is 0.346 e. The first-order valence-corrected chi connectivity index (χ1v) is 8.14. The number of hydrogen-bond acceptors (Lipinski definition) is 3. The third-order valence-corrected chi connectivity index (χ3v) is 4.27. The normalized spacial score (nSPS) is 11.2. The second-order valence-corrected chi connectivity index (χ2v) is 6.23. The zero-order chi connectivity index (χ0) is 17.4. The van der Waals surface area contributed by atoms with Crippen LogP contribution in [0.2, 0.25) is 5.02 Å². The predicted molar refractivity (Wildman–Crippen MR) is 96.8 cm³/mol. The molecule has 0 aliphatic rings. The summed E-state index contributed by atoms with van der Waals surface area (Å²) in [4.78, 5) is 7.42. The first-order chi connectivity index (χ1) is 12.1. The molecule has 0 aliphatic carbocycles. The zero-order valence-corrected chi connectivity index (χ0v) is 14.2. The maximum Gasteiger partial charge on any atom is 0.152 e. The van der Waals surface area contributed by atoms with Gasteiger partial charge in [-0.2, -0.15) is 5.10 Å². The van der Waals surface area contributed by atoms with Crippen molar-refractivity contribution in [1.29, 1.82) is 0 Å². The first-order valence-electron chi connectivity index (χ1n) is 7.76. The molecule has 4 rings (SSSR count). The molecule has 0 unspecified atom stereocenters.